The molecule has 1 aromatic rings. The first-order valence-corrected chi connectivity index (χ1v) is 7.29. The van der Waals surface area contributed by atoms with Gasteiger partial charge in [0.15, 0.2) is 0 Å². The number of rotatable bonds is 10. The van der Waals surface area contributed by atoms with Crippen molar-refractivity contribution in [1.29, 1.82) is 0 Å². The van der Waals surface area contributed by atoms with E-state index < -0.39 is 0 Å². The molecular weight excluding hydrogens is 256 g/mol. The molecule has 0 fully saturated rings. The van der Waals surface area contributed by atoms with E-state index in [1.807, 2.05) is 4.90 Å². The molecule has 1 aromatic heterocycles. The molecule has 0 unspecified atom stereocenters. The Balaban J connectivity index is 2.49. The Kier molecular flexibility index (Phi) is 7.64. The van der Waals surface area contributed by atoms with Gasteiger partial charge in [-0.2, -0.15) is 15.0 Å². The predicted octanol–water partition coefficient (Wildman–Crippen LogP) is 1.53. The zero-order chi connectivity index (χ0) is 14.8. The summed E-state index contributed by atoms with van der Waals surface area (Å²) in [7, 11) is 0. The first-order chi connectivity index (χ1) is 9.71. The minimum atomic E-state index is 0.233. The van der Waals surface area contributed by atoms with Crippen LogP contribution in [0.2, 0.25) is 0 Å². The number of nitrogens with one attached hydrogen (secondary N) is 1. The van der Waals surface area contributed by atoms with Crippen LogP contribution < -0.4 is 16.0 Å². The van der Waals surface area contributed by atoms with Gasteiger partial charge in [0.2, 0.25) is 17.8 Å². The number of nitrogens with zero attached hydrogens (tertiary/aromatic N) is 4. The minimum absolute atomic E-state index is 0.233. The molecule has 0 saturated carbocycles. The van der Waals surface area contributed by atoms with E-state index in [0.717, 1.165) is 32.5 Å². The second kappa shape index (κ2) is 9.30. The molecule has 0 radical (unpaired) electrons. The Hall–Kier alpha value is -1.63. The third kappa shape index (κ3) is 5.56. The topological polar surface area (TPSA) is 89.2 Å². The maximum Gasteiger partial charge on any atom is 0.231 e. The number of anilines is 3. The van der Waals surface area contributed by atoms with Crippen LogP contribution in [0, 0.1) is 0 Å². The summed E-state index contributed by atoms with van der Waals surface area (Å²) in [4.78, 5) is 14.6. The Morgan fingerprint density at radius 3 is 2.50 bits per heavy atom. The molecule has 1 heterocycles. The van der Waals surface area contributed by atoms with E-state index >= 15 is 0 Å². The fourth-order valence-corrected chi connectivity index (χ4v) is 1.69. The summed E-state index contributed by atoms with van der Waals surface area (Å²) in [5, 5.41) is 3.11. The molecule has 0 aliphatic heterocycles. The van der Waals surface area contributed by atoms with Crippen LogP contribution >= 0.6 is 0 Å². The number of unbranched alkanes of at least 4 members (excludes halogenated alkanes) is 1. The van der Waals surface area contributed by atoms with E-state index in [0.29, 0.717) is 25.0 Å². The highest BCUT2D eigenvalue weighted by molar-refractivity contribution is 5.41. The van der Waals surface area contributed by atoms with Crippen LogP contribution in [0.4, 0.5) is 17.8 Å². The molecule has 7 nitrogen and oxygen atoms in total. The van der Waals surface area contributed by atoms with Crippen LogP contribution in [0.25, 0.3) is 0 Å². The van der Waals surface area contributed by atoms with Crippen molar-refractivity contribution < 1.29 is 4.74 Å². The van der Waals surface area contributed by atoms with Gasteiger partial charge in [0, 0.05) is 26.2 Å². The molecule has 3 N–H and O–H groups in total. The number of nitrogen functional groups attached to an aromatic ring is 1. The van der Waals surface area contributed by atoms with E-state index in [2.05, 4.69) is 41.0 Å². The molecule has 0 aromatic carbocycles. The number of ether oxygens (including phenoxy) is 1. The molecule has 0 amide bonds. The number of aromatic nitrogens is 3. The van der Waals surface area contributed by atoms with Crippen LogP contribution in [0.15, 0.2) is 0 Å². The Morgan fingerprint density at radius 2 is 1.85 bits per heavy atom. The average Bonchev–Trinajstić information content (AvgIpc) is 2.43. The van der Waals surface area contributed by atoms with E-state index in [1.165, 1.54) is 0 Å². The van der Waals surface area contributed by atoms with Crippen molar-refractivity contribution in [2.24, 2.45) is 0 Å². The average molecular weight is 282 g/mol. The highest BCUT2D eigenvalue weighted by atomic mass is 16.5. The molecule has 0 saturated heterocycles. The van der Waals surface area contributed by atoms with E-state index in [9.17, 15) is 0 Å². The zero-order valence-corrected chi connectivity index (χ0v) is 12.7. The first-order valence-electron chi connectivity index (χ1n) is 7.29. The van der Waals surface area contributed by atoms with Gasteiger partial charge in [0.25, 0.3) is 0 Å². The summed E-state index contributed by atoms with van der Waals surface area (Å²) in [5.41, 5.74) is 5.72. The maximum absolute atomic E-state index is 5.72. The summed E-state index contributed by atoms with van der Waals surface area (Å²) < 4.78 is 5.47. The number of hydrogen-bond donors (Lipinski definition) is 2. The van der Waals surface area contributed by atoms with Crippen molar-refractivity contribution in [3.05, 3.63) is 0 Å². The molecule has 114 valence electrons. The van der Waals surface area contributed by atoms with Gasteiger partial charge < -0.3 is 20.7 Å². The third-order valence-corrected chi connectivity index (χ3v) is 2.86. The predicted molar refractivity (Wildman–Crippen MR) is 82.0 cm³/mol. The second-order valence-corrected chi connectivity index (χ2v) is 4.38. The summed E-state index contributed by atoms with van der Waals surface area (Å²) in [5.74, 6) is 1.34. The third-order valence-electron chi connectivity index (χ3n) is 2.86. The Bertz CT molecular complexity index is 383. The zero-order valence-electron chi connectivity index (χ0n) is 12.7. The molecule has 0 spiro atoms. The largest absolute Gasteiger partial charge is 0.380 e. The van der Waals surface area contributed by atoms with E-state index in [4.69, 9.17) is 10.5 Å². The summed E-state index contributed by atoms with van der Waals surface area (Å²) in [6.45, 7) is 10.00. The van der Waals surface area contributed by atoms with Gasteiger partial charge in [-0.3, -0.25) is 0 Å². The summed E-state index contributed by atoms with van der Waals surface area (Å²) in [6.07, 6.45) is 2.23. The van der Waals surface area contributed by atoms with Crippen molar-refractivity contribution in [3.63, 3.8) is 0 Å². The highest BCUT2D eigenvalue weighted by Crippen LogP contribution is 2.11. The Morgan fingerprint density at radius 1 is 1.10 bits per heavy atom. The van der Waals surface area contributed by atoms with Gasteiger partial charge in [-0.15, -0.1) is 0 Å². The van der Waals surface area contributed by atoms with Gasteiger partial charge in [0.05, 0.1) is 6.61 Å². The number of hydrogen-bond acceptors (Lipinski definition) is 7. The van der Waals surface area contributed by atoms with Gasteiger partial charge in [0.1, 0.15) is 0 Å². The van der Waals surface area contributed by atoms with Crippen molar-refractivity contribution in [2.75, 3.05) is 48.8 Å². The van der Waals surface area contributed by atoms with Crippen LogP contribution in [0.3, 0.4) is 0 Å². The van der Waals surface area contributed by atoms with Gasteiger partial charge >= 0.3 is 0 Å². The minimum Gasteiger partial charge on any atom is -0.380 e. The lowest BCUT2D eigenvalue weighted by Crippen LogP contribution is -2.25. The van der Waals surface area contributed by atoms with Crippen molar-refractivity contribution in [1.82, 2.24) is 15.0 Å². The lowest BCUT2D eigenvalue weighted by molar-refractivity contribution is 0.141. The first kappa shape index (κ1) is 16.4. The molecule has 7 heteroatoms. The molecule has 0 atom stereocenters. The fraction of sp³-hybridized carbons (Fsp3) is 0.769. The smallest absolute Gasteiger partial charge is 0.231 e. The van der Waals surface area contributed by atoms with Gasteiger partial charge in [-0.1, -0.05) is 13.3 Å². The quantitative estimate of drug-likeness (QED) is 0.629. The van der Waals surface area contributed by atoms with Crippen molar-refractivity contribution >= 4 is 17.8 Å². The lowest BCUT2D eigenvalue weighted by Gasteiger charge is -2.19. The molecular formula is C13H26N6O. The second-order valence-electron chi connectivity index (χ2n) is 4.38. The lowest BCUT2D eigenvalue weighted by atomic mass is 10.4. The van der Waals surface area contributed by atoms with Crippen LogP contribution in [-0.4, -0.2) is 47.8 Å². The number of nitrogens with two attached hydrogens (primary N) is 1. The molecule has 0 bridgehead atoms. The standard InChI is InChI=1S/C13H26N6O/c1-4-7-9-20-10-8-15-12-16-11(14)17-13(18-12)19(5-2)6-3/h4-10H2,1-3H3,(H3,14,15,16,17,18). The van der Waals surface area contributed by atoms with Crippen LogP contribution in [-0.2, 0) is 4.74 Å². The van der Waals surface area contributed by atoms with E-state index in [1.54, 1.807) is 0 Å². The molecule has 20 heavy (non-hydrogen) atoms. The highest BCUT2D eigenvalue weighted by Gasteiger charge is 2.09. The van der Waals surface area contributed by atoms with Gasteiger partial charge in [-0.25, -0.2) is 0 Å². The van der Waals surface area contributed by atoms with Crippen molar-refractivity contribution in [3.8, 4) is 0 Å². The molecule has 0 aliphatic rings. The van der Waals surface area contributed by atoms with Crippen LogP contribution in [0.1, 0.15) is 33.6 Å². The maximum atomic E-state index is 5.72. The fourth-order valence-electron chi connectivity index (χ4n) is 1.69. The Labute approximate surface area is 121 Å². The van der Waals surface area contributed by atoms with E-state index in [-0.39, 0.29) is 5.95 Å². The summed E-state index contributed by atoms with van der Waals surface area (Å²) in [6, 6.07) is 0. The normalized spacial score (nSPS) is 10.6. The SMILES string of the molecule is CCCCOCCNc1nc(N)nc(N(CC)CC)n1. The monoisotopic (exact) mass is 282 g/mol. The summed E-state index contributed by atoms with van der Waals surface area (Å²) >= 11 is 0. The van der Waals surface area contributed by atoms with Gasteiger partial charge in [-0.05, 0) is 20.3 Å². The molecule has 1 rings (SSSR count). The molecule has 0 aliphatic carbocycles. The van der Waals surface area contributed by atoms with Crippen LogP contribution in [0.5, 0.6) is 0 Å². The van der Waals surface area contributed by atoms with Crippen molar-refractivity contribution in [2.45, 2.75) is 33.6 Å².